The normalized spacial score (nSPS) is 12.3. The fraction of sp³-hybridized carbons (Fsp3) is 0.278. The first-order chi connectivity index (χ1) is 21.6. The Morgan fingerprint density at radius 2 is 1.50 bits per heavy atom. The lowest BCUT2D eigenvalue weighted by Crippen LogP contribution is -2.56. The minimum atomic E-state index is -4.21. The van der Waals surface area contributed by atoms with Crippen molar-refractivity contribution >= 4 is 55.1 Å². The van der Waals surface area contributed by atoms with Crippen molar-refractivity contribution in [2.24, 2.45) is 0 Å². The van der Waals surface area contributed by atoms with Gasteiger partial charge in [-0.05, 0) is 93.8 Å². The van der Waals surface area contributed by atoms with Crippen LogP contribution in [0.3, 0.4) is 0 Å². The van der Waals surface area contributed by atoms with Gasteiger partial charge in [0.15, 0.2) is 0 Å². The standard InChI is InChI=1S/C36H39BrClN3O4S/c1-25-11-18-31(19-12-25)46(44,45)41(32-20-17-30(38)21-26(32)2)24-34(42)40(23-28-13-15-29(37)16-14-28)33(35(43)39-36(3,4)5)22-27-9-7-6-8-10-27/h6-21,33H,22-24H2,1-5H3,(H,39,43). The van der Waals surface area contributed by atoms with Gasteiger partial charge in [0.05, 0.1) is 10.6 Å². The maximum atomic E-state index is 14.6. The van der Waals surface area contributed by atoms with Crippen LogP contribution in [-0.2, 0) is 32.6 Å². The monoisotopic (exact) mass is 723 g/mol. The first-order valence-corrected chi connectivity index (χ1v) is 17.5. The molecule has 1 unspecified atom stereocenters. The molecule has 0 aliphatic carbocycles. The first kappa shape index (κ1) is 35.2. The number of benzene rings is 4. The van der Waals surface area contributed by atoms with Crippen LogP contribution in [0.15, 0.2) is 106 Å². The van der Waals surface area contributed by atoms with Crippen LogP contribution in [0.2, 0.25) is 5.02 Å². The molecule has 0 aliphatic heterocycles. The van der Waals surface area contributed by atoms with E-state index in [9.17, 15) is 18.0 Å². The Hall–Kier alpha value is -3.66. The van der Waals surface area contributed by atoms with Gasteiger partial charge in [-0.1, -0.05) is 87.7 Å². The largest absolute Gasteiger partial charge is 0.350 e. The van der Waals surface area contributed by atoms with E-state index in [4.69, 9.17) is 11.6 Å². The Balaban J connectivity index is 1.84. The highest BCUT2D eigenvalue weighted by atomic mass is 79.9. The number of nitrogens with zero attached hydrogens (tertiary/aromatic N) is 2. The number of sulfonamides is 1. The third-order valence-corrected chi connectivity index (χ3v) is 9.89. The molecule has 7 nitrogen and oxygen atoms in total. The van der Waals surface area contributed by atoms with E-state index in [1.54, 1.807) is 37.3 Å². The Kier molecular flexibility index (Phi) is 11.4. The minimum absolute atomic E-state index is 0.0472. The Bertz CT molecular complexity index is 1780. The highest BCUT2D eigenvalue weighted by Crippen LogP contribution is 2.30. The molecule has 0 spiro atoms. The van der Waals surface area contributed by atoms with E-state index >= 15 is 0 Å². The highest BCUT2D eigenvalue weighted by molar-refractivity contribution is 9.10. The molecular formula is C36H39BrClN3O4S. The van der Waals surface area contributed by atoms with Crippen molar-refractivity contribution in [2.45, 2.75) is 64.1 Å². The second kappa shape index (κ2) is 14.8. The van der Waals surface area contributed by atoms with Crippen LogP contribution in [0.4, 0.5) is 5.69 Å². The van der Waals surface area contributed by atoms with E-state index in [-0.39, 0.29) is 23.8 Å². The molecule has 0 bridgehead atoms. The average molecular weight is 725 g/mol. The van der Waals surface area contributed by atoms with Crippen molar-refractivity contribution in [3.05, 3.63) is 129 Å². The van der Waals surface area contributed by atoms with Gasteiger partial charge in [0.1, 0.15) is 12.6 Å². The minimum Gasteiger partial charge on any atom is -0.350 e. The summed E-state index contributed by atoms with van der Waals surface area (Å²) in [5, 5.41) is 3.49. The van der Waals surface area contributed by atoms with Crippen LogP contribution in [0.25, 0.3) is 0 Å². The van der Waals surface area contributed by atoms with Crippen molar-refractivity contribution in [1.82, 2.24) is 10.2 Å². The zero-order valence-corrected chi connectivity index (χ0v) is 29.8. The van der Waals surface area contributed by atoms with Crippen LogP contribution in [0.1, 0.15) is 43.0 Å². The summed E-state index contributed by atoms with van der Waals surface area (Å²) in [5.41, 5.74) is 2.89. The van der Waals surface area contributed by atoms with Crippen molar-refractivity contribution in [1.29, 1.82) is 0 Å². The summed E-state index contributed by atoms with van der Waals surface area (Å²) in [5.74, 6) is -0.865. The van der Waals surface area contributed by atoms with E-state index in [0.29, 0.717) is 16.3 Å². The fourth-order valence-corrected chi connectivity index (χ4v) is 7.01. The number of halogens is 2. The summed E-state index contributed by atoms with van der Waals surface area (Å²) >= 11 is 9.70. The highest BCUT2D eigenvalue weighted by Gasteiger charge is 2.36. The Labute approximate surface area is 285 Å². The van der Waals surface area contributed by atoms with Gasteiger partial charge in [-0.2, -0.15) is 0 Å². The van der Waals surface area contributed by atoms with Gasteiger partial charge in [0.2, 0.25) is 11.8 Å². The summed E-state index contributed by atoms with van der Waals surface area (Å²) in [6, 6.07) is 27.4. The average Bonchev–Trinajstić information content (AvgIpc) is 2.98. The predicted molar refractivity (Wildman–Crippen MR) is 188 cm³/mol. The van der Waals surface area contributed by atoms with Gasteiger partial charge in [-0.25, -0.2) is 8.42 Å². The molecule has 1 atom stereocenters. The molecule has 10 heteroatoms. The zero-order chi connectivity index (χ0) is 33.6. The van der Waals surface area contributed by atoms with Gasteiger partial charge in [0.25, 0.3) is 10.0 Å². The smallest absolute Gasteiger partial charge is 0.264 e. The Morgan fingerprint density at radius 1 is 0.870 bits per heavy atom. The molecule has 0 saturated heterocycles. The summed E-state index contributed by atoms with van der Waals surface area (Å²) in [7, 11) is -4.21. The topological polar surface area (TPSA) is 86.8 Å². The molecular weight excluding hydrogens is 686 g/mol. The molecule has 0 radical (unpaired) electrons. The fourth-order valence-electron chi connectivity index (χ4n) is 5.04. The summed E-state index contributed by atoms with van der Waals surface area (Å²) in [4.78, 5) is 30.1. The van der Waals surface area contributed by atoms with E-state index in [1.165, 1.54) is 17.0 Å². The molecule has 0 aliphatic rings. The van der Waals surface area contributed by atoms with E-state index < -0.39 is 34.1 Å². The van der Waals surface area contributed by atoms with Crippen molar-refractivity contribution in [3.8, 4) is 0 Å². The van der Waals surface area contributed by atoms with Gasteiger partial charge < -0.3 is 10.2 Å². The number of anilines is 1. The molecule has 242 valence electrons. The maximum Gasteiger partial charge on any atom is 0.264 e. The first-order valence-electron chi connectivity index (χ1n) is 14.9. The number of carbonyl (C=O) groups is 2. The molecule has 4 aromatic rings. The zero-order valence-electron chi connectivity index (χ0n) is 26.6. The van der Waals surface area contributed by atoms with Crippen LogP contribution in [0.5, 0.6) is 0 Å². The second-order valence-electron chi connectivity index (χ2n) is 12.3. The Morgan fingerprint density at radius 3 is 2.09 bits per heavy atom. The quantitative estimate of drug-likeness (QED) is 0.174. The molecule has 4 rings (SSSR count). The molecule has 1 N–H and O–H groups in total. The third-order valence-electron chi connectivity index (χ3n) is 7.35. The predicted octanol–water partition coefficient (Wildman–Crippen LogP) is 7.47. The molecule has 46 heavy (non-hydrogen) atoms. The number of nitrogens with one attached hydrogen (secondary N) is 1. The van der Waals surface area contributed by atoms with Crippen molar-refractivity contribution < 1.29 is 18.0 Å². The number of hydrogen-bond acceptors (Lipinski definition) is 4. The molecule has 4 aromatic carbocycles. The number of carbonyl (C=O) groups excluding carboxylic acids is 2. The maximum absolute atomic E-state index is 14.6. The van der Waals surface area contributed by atoms with E-state index in [1.807, 2.05) is 82.3 Å². The number of aryl methyl sites for hydroxylation is 2. The molecule has 0 aromatic heterocycles. The van der Waals surface area contributed by atoms with E-state index in [0.717, 1.165) is 25.5 Å². The van der Waals surface area contributed by atoms with Crippen LogP contribution < -0.4 is 9.62 Å². The van der Waals surface area contributed by atoms with Gasteiger partial charge in [0, 0.05) is 28.0 Å². The molecule has 0 fully saturated rings. The third kappa shape index (κ3) is 9.21. The lowest BCUT2D eigenvalue weighted by atomic mass is 10.0. The van der Waals surface area contributed by atoms with Crippen molar-refractivity contribution in [3.63, 3.8) is 0 Å². The van der Waals surface area contributed by atoms with Crippen molar-refractivity contribution in [2.75, 3.05) is 10.8 Å². The molecule has 0 saturated carbocycles. The van der Waals surface area contributed by atoms with Gasteiger partial charge >= 0.3 is 0 Å². The van der Waals surface area contributed by atoms with Crippen LogP contribution in [0, 0.1) is 13.8 Å². The second-order valence-corrected chi connectivity index (χ2v) is 15.6. The number of hydrogen-bond donors (Lipinski definition) is 1. The summed E-state index contributed by atoms with van der Waals surface area (Å²) < 4.78 is 30.5. The SMILES string of the molecule is Cc1ccc(S(=O)(=O)N(CC(=O)N(Cc2ccc(Br)cc2)C(Cc2ccccc2)C(=O)NC(C)(C)C)c2ccc(Cl)cc2C)cc1. The summed E-state index contributed by atoms with van der Waals surface area (Å²) in [6.07, 6.45) is 0.232. The van der Waals surface area contributed by atoms with Gasteiger partial charge in [-0.3, -0.25) is 13.9 Å². The van der Waals surface area contributed by atoms with Crippen LogP contribution in [-0.4, -0.2) is 43.3 Å². The summed E-state index contributed by atoms with van der Waals surface area (Å²) in [6.45, 7) is 8.80. The van der Waals surface area contributed by atoms with Crippen LogP contribution >= 0.6 is 27.5 Å². The molecule has 2 amide bonds. The lowest BCUT2D eigenvalue weighted by molar-refractivity contribution is -0.140. The number of amides is 2. The molecule has 0 heterocycles. The number of rotatable bonds is 11. The van der Waals surface area contributed by atoms with Gasteiger partial charge in [-0.15, -0.1) is 0 Å². The lowest BCUT2D eigenvalue weighted by Gasteiger charge is -2.35. The van der Waals surface area contributed by atoms with E-state index in [2.05, 4.69) is 21.2 Å².